The van der Waals surface area contributed by atoms with E-state index in [1.54, 1.807) is 24.7 Å². The third kappa shape index (κ3) is 6.96. The van der Waals surface area contributed by atoms with Gasteiger partial charge in [0.2, 0.25) is 5.91 Å². The second kappa shape index (κ2) is 11.5. The maximum Gasteiger partial charge on any atom is 0.290 e. The number of amides is 2. The number of carbonyl (C=O) groups excluding carboxylic acids is 2. The van der Waals surface area contributed by atoms with E-state index in [-0.39, 0.29) is 36.6 Å². The Morgan fingerprint density at radius 2 is 2.10 bits per heavy atom. The fraction of sp³-hybridized carbons (Fsp3) is 0.211. The van der Waals surface area contributed by atoms with Crippen molar-refractivity contribution in [1.82, 2.24) is 25.6 Å². The summed E-state index contributed by atoms with van der Waals surface area (Å²) in [5.74, 6) is -2.25. The number of nitrogens with zero attached hydrogens (tertiary/aromatic N) is 2. The first-order valence-electron chi connectivity index (χ1n) is 8.87. The summed E-state index contributed by atoms with van der Waals surface area (Å²) in [4.78, 5) is 43.7. The molecule has 2 aromatic heterocycles. The van der Waals surface area contributed by atoms with Crippen LogP contribution in [0, 0.1) is 11.6 Å². The molecule has 0 bridgehead atoms. The fourth-order valence-electron chi connectivity index (χ4n) is 2.45. The summed E-state index contributed by atoms with van der Waals surface area (Å²) in [5.41, 5.74) is 0.200. The maximum absolute atomic E-state index is 13.7. The van der Waals surface area contributed by atoms with E-state index in [9.17, 15) is 18.4 Å². The van der Waals surface area contributed by atoms with Crippen LogP contribution in [-0.4, -0.2) is 38.3 Å². The summed E-state index contributed by atoms with van der Waals surface area (Å²) in [5, 5.41) is 14.4. The molecule has 0 aliphatic heterocycles. The van der Waals surface area contributed by atoms with Gasteiger partial charge in [0.25, 0.3) is 12.4 Å². The molecule has 0 aliphatic carbocycles. The Labute approximate surface area is 179 Å². The average molecular weight is 451 g/mol. The third-order valence-corrected chi connectivity index (χ3v) is 4.88. The lowest BCUT2D eigenvalue weighted by Crippen LogP contribution is -2.28. The van der Waals surface area contributed by atoms with Gasteiger partial charge in [0, 0.05) is 23.3 Å². The van der Waals surface area contributed by atoms with Crippen LogP contribution in [0.1, 0.15) is 39.8 Å². The van der Waals surface area contributed by atoms with Crippen molar-refractivity contribution in [1.29, 1.82) is 0 Å². The molecule has 0 spiro atoms. The average Bonchev–Trinajstić information content (AvgIpc) is 3.42. The topological polar surface area (TPSA) is 137 Å². The molecule has 0 unspecified atom stereocenters. The van der Waals surface area contributed by atoms with E-state index in [1.807, 2.05) is 0 Å². The highest BCUT2D eigenvalue weighted by Crippen LogP contribution is 2.19. The normalized spacial score (nSPS) is 11.1. The zero-order valence-electron chi connectivity index (χ0n) is 16.3. The number of halogens is 2. The minimum absolute atomic E-state index is 0.0261. The van der Waals surface area contributed by atoms with Crippen molar-refractivity contribution in [3.8, 4) is 0 Å². The number of benzene rings is 1. The van der Waals surface area contributed by atoms with Gasteiger partial charge in [0.1, 0.15) is 16.5 Å². The maximum atomic E-state index is 13.7. The van der Waals surface area contributed by atoms with Crippen LogP contribution in [0.5, 0.6) is 0 Å². The highest BCUT2D eigenvalue weighted by Gasteiger charge is 2.18. The minimum Gasteiger partial charge on any atom is -0.483 e. The number of carboxylic acid groups (broad SMARTS) is 1. The predicted molar refractivity (Wildman–Crippen MR) is 107 cm³/mol. The zero-order chi connectivity index (χ0) is 22.8. The van der Waals surface area contributed by atoms with E-state index >= 15 is 0 Å². The number of aromatic nitrogens is 3. The van der Waals surface area contributed by atoms with Crippen LogP contribution in [0.3, 0.4) is 0 Å². The lowest BCUT2D eigenvalue weighted by Gasteiger charge is -2.11. The SMILES string of the molecule is C[C@H](NC(=O)Cc1cccc(F)c1F)c1nc(C(=O)NCc2ncc[nH]2)cs1.O=CO. The second-order valence-electron chi connectivity index (χ2n) is 6.07. The monoisotopic (exact) mass is 451 g/mol. The number of thiazole rings is 1. The highest BCUT2D eigenvalue weighted by molar-refractivity contribution is 7.09. The van der Waals surface area contributed by atoms with Crippen LogP contribution in [0.2, 0.25) is 0 Å². The van der Waals surface area contributed by atoms with Gasteiger partial charge < -0.3 is 20.7 Å². The van der Waals surface area contributed by atoms with E-state index in [0.717, 1.165) is 6.07 Å². The molecule has 3 rings (SSSR count). The number of hydrogen-bond acceptors (Lipinski definition) is 6. The molecule has 1 atom stereocenters. The van der Waals surface area contributed by atoms with E-state index in [4.69, 9.17) is 9.90 Å². The summed E-state index contributed by atoms with van der Waals surface area (Å²) in [6, 6.07) is 3.21. The van der Waals surface area contributed by atoms with Gasteiger partial charge in [-0.1, -0.05) is 12.1 Å². The molecular formula is C19H19F2N5O4S. The summed E-state index contributed by atoms with van der Waals surface area (Å²) >= 11 is 1.22. The van der Waals surface area contributed by atoms with Gasteiger partial charge >= 0.3 is 0 Å². The molecule has 0 radical (unpaired) electrons. The Balaban J connectivity index is 0.00000107. The molecule has 3 aromatic rings. The summed E-state index contributed by atoms with van der Waals surface area (Å²) < 4.78 is 26.9. The predicted octanol–water partition coefficient (Wildman–Crippen LogP) is 2.20. The van der Waals surface area contributed by atoms with E-state index < -0.39 is 23.6 Å². The smallest absolute Gasteiger partial charge is 0.290 e. The van der Waals surface area contributed by atoms with E-state index in [2.05, 4.69) is 25.6 Å². The number of imidazole rings is 1. The van der Waals surface area contributed by atoms with E-state index in [0.29, 0.717) is 10.8 Å². The lowest BCUT2D eigenvalue weighted by atomic mass is 10.1. The van der Waals surface area contributed by atoms with Crippen LogP contribution in [0.25, 0.3) is 0 Å². The van der Waals surface area contributed by atoms with Crippen molar-refractivity contribution in [3.63, 3.8) is 0 Å². The Morgan fingerprint density at radius 1 is 1.35 bits per heavy atom. The molecule has 164 valence electrons. The Kier molecular flexibility index (Phi) is 8.76. The van der Waals surface area contributed by atoms with Gasteiger partial charge in [0.15, 0.2) is 11.6 Å². The largest absolute Gasteiger partial charge is 0.483 e. The van der Waals surface area contributed by atoms with Crippen molar-refractivity contribution in [2.45, 2.75) is 25.9 Å². The number of rotatable bonds is 7. The first-order chi connectivity index (χ1) is 14.8. The highest BCUT2D eigenvalue weighted by atomic mass is 32.1. The Morgan fingerprint density at radius 3 is 2.77 bits per heavy atom. The molecule has 12 heteroatoms. The van der Waals surface area contributed by atoms with Crippen LogP contribution in [-0.2, 0) is 22.6 Å². The Bertz CT molecular complexity index is 1030. The first kappa shape index (κ1) is 23.6. The van der Waals surface area contributed by atoms with Gasteiger partial charge in [-0.3, -0.25) is 14.4 Å². The van der Waals surface area contributed by atoms with Gasteiger partial charge in [0.05, 0.1) is 19.0 Å². The molecule has 31 heavy (non-hydrogen) atoms. The van der Waals surface area contributed by atoms with Gasteiger partial charge in [-0.2, -0.15) is 0 Å². The summed E-state index contributed by atoms with van der Waals surface area (Å²) in [6.45, 7) is 1.69. The molecule has 1 aromatic carbocycles. The molecular weight excluding hydrogens is 432 g/mol. The summed E-state index contributed by atoms with van der Waals surface area (Å²) in [6.07, 6.45) is 2.95. The van der Waals surface area contributed by atoms with Crippen LogP contribution in [0.15, 0.2) is 36.0 Å². The number of nitrogens with one attached hydrogen (secondary N) is 3. The van der Waals surface area contributed by atoms with Crippen molar-refractivity contribution < 1.29 is 28.3 Å². The number of hydrogen-bond donors (Lipinski definition) is 4. The molecule has 0 saturated carbocycles. The Hall–Kier alpha value is -3.67. The molecule has 2 heterocycles. The summed E-state index contributed by atoms with van der Waals surface area (Å²) in [7, 11) is 0. The van der Waals surface area contributed by atoms with Gasteiger partial charge in [-0.25, -0.2) is 18.7 Å². The van der Waals surface area contributed by atoms with Crippen molar-refractivity contribution in [2.24, 2.45) is 0 Å². The molecule has 2 amide bonds. The minimum atomic E-state index is -1.03. The van der Waals surface area contributed by atoms with Crippen LogP contribution < -0.4 is 10.6 Å². The van der Waals surface area contributed by atoms with Crippen molar-refractivity contribution in [2.75, 3.05) is 0 Å². The molecule has 0 saturated heterocycles. The number of H-pyrrole nitrogens is 1. The van der Waals surface area contributed by atoms with Crippen molar-refractivity contribution in [3.05, 3.63) is 69.7 Å². The number of carbonyl (C=O) groups is 3. The lowest BCUT2D eigenvalue weighted by molar-refractivity contribution is -0.123. The first-order valence-corrected chi connectivity index (χ1v) is 9.75. The fourth-order valence-corrected chi connectivity index (χ4v) is 3.26. The van der Waals surface area contributed by atoms with Gasteiger partial charge in [-0.15, -0.1) is 11.3 Å². The molecule has 0 aliphatic rings. The third-order valence-electron chi connectivity index (χ3n) is 3.86. The van der Waals surface area contributed by atoms with Gasteiger partial charge in [-0.05, 0) is 13.0 Å². The van der Waals surface area contributed by atoms with E-state index in [1.165, 1.54) is 23.5 Å². The molecule has 4 N–H and O–H groups in total. The quantitative estimate of drug-likeness (QED) is 0.407. The van der Waals surface area contributed by atoms with Crippen LogP contribution in [0.4, 0.5) is 8.78 Å². The molecule has 9 nitrogen and oxygen atoms in total. The number of aromatic amines is 1. The standard InChI is InChI=1S/C18H17F2N5O2S.CH2O2/c1-10(24-15(26)7-11-3-2-4-12(19)16(11)20)18-25-13(9-28-18)17(27)23-8-14-21-5-6-22-14;2-1-3/h2-6,9-10H,7-8H2,1H3,(H,21,22)(H,23,27)(H,24,26);1H,(H,2,3)/t10-;/m0./s1. The van der Waals surface area contributed by atoms with Crippen LogP contribution >= 0.6 is 11.3 Å². The van der Waals surface area contributed by atoms with Crippen molar-refractivity contribution >= 4 is 29.6 Å². The second-order valence-corrected chi connectivity index (χ2v) is 6.96. The molecule has 0 fully saturated rings. The zero-order valence-corrected chi connectivity index (χ0v) is 17.1.